The topological polar surface area (TPSA) is 12.0 Å². The molecule has 3 aromatic carbocycles. The first-order valence-corrected chi connectivity index (χ1v) is 10.2. The third-order valence-corrected chi connectivity index (χ3v) is 6.72. The molecule has 2 atom stereocenters. The van der Waals surface area contributed by atoms with E-state index < -0.39 is 0 Å². The molecular formula is C26H27N. The molecule has 27 heavy (non-hydrogen) atoms. The molecule has 0 amide bonds. The fourth-order valence-corrected chi connectivity index (χ4v) is 5.31. The Kier molecular flexibility index (Phi) is 4.13. The first kappa shape index (κ1) is 16.8. The van der Waals surface area contributed by atoms with Gasteiger partial charge in [-0.05, 0) is 67.0 Å². The molecule has 0 bridgehead atoms. The van der Waals surface area contributed by atoms with E-state index in [1.54, 1.807) is 11.1 Å². The maximum absolute atomic E-state index is 3.82. The SMILES string of the molecule is Cc1ccc(CC23CCNC2CCc2cc(-c4ccccc4)ccc23)cc1. The van der Waals surface area contributed by atoms with E-state index in [9.17, 15) is 0 Å². The Morgan fingerprint density at radius 2 is 1.74 bits per heavy atom. The Morgan fingerprint density at radius 3 is 2.56 bits per heavy atom. The zero-order valence-corrected chi connectivity index (χ0v) is 16.0. The lowest BCUT2D eigenvalue weighted by Gasteiger charge is -2.41. The Morgan fingerprint density at radius 1 is 0.926 bits per heavy atom. The van der Waals surface area contributed by atoms with E-state index >= 15 is 0 Å². The molecule has 3 aromatic rings. The van der Waals surface area contributed by atoms with Crippen molar-refractivity contribution in [2.75, 3.05) is 6.54 Å². The Hall–Kier alpha value is -2.38. The molecular weight excluding hydrogens is 326 g/mol. The van der Waals surface area contributed by atoms with Gasteiger partial charge in [-0.25, -0.2) is 0 Å². The number of hydrogen-bond donors (Lipinski definition) is 1. The van der Waals surface area contributed by atoms with E-state index in [2.05, 4.69) is 85.0 Å². The highest BCUT2D eigenvalue weighted by molar-refractivity contribution is 5.66. The molecule has 1 aliphatic carbocycles. The van der Waals surface area contributed by atoms with Crippen LogP contribution in [0.25, 0.3) is 11.1 Å². The molecule has 1 heteroatoms. The summed E-state index contributed by atoms with van der Waals surface area (Å²) in [5.74, 6) is 0. The van der Waals surface area contributed by atoms with Crippen molar-refractivity contribution < 1.29 is 0 Å². The van der Waals surface area contributed by atoms with Crippen molar-refractivity contribution in [3.63, 3.8) is 0 Å². The number of hydrogen-bond acceptors (Lipinski definition) is 1. The average Bonchev–Trinajstić information content (AvgIpc) is 3.14. The Labute approximate surface area is 162 Å². The minimum atomic E-state index is 0.248. The Bertz CT molecular complexity index is 942. The third-order valence-electron chi connectivity index (χ3n) is 6.72. The van der Waals surface area contributed by atoms with Gasteiger partial charge in [-0.15, -0.1) is 0 Å². The summed E-state index contributed by atoms with van der Waals surface area (Å²) in [5.41, 5.74) is 8.87. The van der Waals surface area contributed by atoms with Crippen LogP contribution in [-0.2, 0) is 18.3 Å². The van der Waals surface area contributed by atoms with Crippen molar-refractivity contribution in [1.29, 1.82) is 0 Å². The van der Waals surface area contributed by atoms with Gasteiger partial charge in [0.2, 0.25) is 0 Å². The second-order valence-electron chi connectivity index (χ2n) is 8.35. The van der Waals surface area contributed by atoms with Crippen LogP contribution in [0.1, 0.15) is 35.1 Å². The fraction of sp³-hybridized carbons (Fsp3) is 0.308. The van der Waals surface area contributed by atoms with Crippen LogP contribution in [0.5, 0.6) is 0 Å². The van der Waals surface area contributed by atoms with Crippen LogP contribution in [-0.4, -0.2) is 12.6 Å². The van der Waals surface area contributed by atoms with Crippen LogP contribution in [0.2, 0.25) is 0 Å². The monoisotopic (exact) mass is 353 g/mol. The van der Waals surface area contributed by atoms with Gasteiger partial charge in [0.15, 0.2) is 0 Å². The number of rotatable bonds is 3. The van der Waals surface area contributed by atoms with Crippen LogP contribution in [0.4, 0.5) is 0 Å². The van der Waals surface area contributed by atoms with Gasteiger partial charge in [-0.1, -0.05) is 78.4 Å². The molecule has 0 saturated carbocycles. The smallest absolute Gasteiger partial charge is 0.0171 e. The standard InChI is InChI=1S/C26H27N/c1-19-7-9-20(10-8-19)18-26-15-16-27-25(26)14-12-23-17-22(11-13-24(23)26)21-5-3-2-4-6-21/h2-11,13,17,25,27H,12,14-16,18H2,1H3. The van der Waals surface area contributed by atoms with Gasteiger partial charge in [0.05, 0.1) is 0 Å². The molecule has 0 spiro atoms. The van der Waals surface area contributed by atoms with E-state index in [0.717, 1.165) is 13.0 Å². The molecule has 0 radical (unpaired) electrons. The molecule has 1 nitrogen and oxygen atoms in total. The summed E-state index contributed by atoms with van der Waals surface area (Å²) in [6, 6.07) is 27.8. The average molecular weight is 354 g/mol. The van der Waals surface area contributed by atoms with Gasteiger partial charge in [-0.2, -0.15) is 0 Å². The molecule has 1 fully saturated rings. The molecule has 136 valence electrons. The predicted molar refractivity (Wildman–Crippen MR) is 113 cm³/mol. The number of nitrogens with one attached hydrogen (secondary N) is 1. The number of benzene rings is 3. The molecule has 1 aliphatic heterocycles. The molecule has 0 aromatic heterocycles. The van der Waals surface area contributed by atoms with Gasteiger partial charge in [0.1, 0.15) is 0 Å². The molecule has 1 heterocycles. The van der Waals surface area contributed by atoms with E-state index in [1.165, 1.54) is 41.5 Å². The van der Waals surface area contributed by atoms with Crippen molar-refractivity contribution in [3.8, 4) is 11.1 Å². The quantitative estimate of drug-likeness (QED) is 0.660. The van der Waals surface area contributed by atoms with Gasteiger partial charge >= 0.3 is 0 Å². The largest absolute Gasteiger partial charge is 0.313 e. The van der Waals surface area contributed by atoms with Gasteiger partial charge in [0.25, 0.3) is 0 Å². The minimum Gasteiger partial charge on any atom is -0.313 e. The van der Waals surface area contributed by atoms with Crippen LogP contribution in [0.15, 0.2) is 72.8 Å². The molecule has 1 N–H and O–H groups in total. The van der Waals surface area contributed by atoms with Gasteiger partial charge in [-0.3, -0.25) is 0 Å². The molecule has 2 unspecified atom stereocenters. The Balaban J connectivity index is 1.56. The van der Waals surface area contributed by atoms with Crippen molar-refractivity contribution >= 4 is 0 Å². The van der Waals surface area contributed by atoms with Crippen LogP contribution >= 0.6 is 0 Å². The second-order valence-corrected chi connectivity index (χ2v) is 8.35. The summed E-state index contributed by atoms with van der Waals surface area (Å²) in [7, 11) is 0. The maximum Gasteiger partial charge on any atom is 0.0171 e. The van der Waals surface area contributed by atoms with E-state index in [-0.39, 0.29) is 5.41 Å². The van der Waals surface area contributed by atoms with Crippen LogP contribution in [0, 0.1) is 6.92 Å². The van der Waals surface area contributed by atoms with Crippen molar-refractivity contribution in [2.24, 2.45) is 0 Å². The maximum atomic E-state index is 3.82. The fourth-order valence-electron chi connectivity index (χ4n) is 5.31. The number of fused-ring (bicyclic) bond motifs is 3. The molecule has 5 rings (SSSR count). The highest BCUT2D eigenvalue weighted by Crippen LogP contribution is 2.46. The van der Waals surface area contributed by atoms with E-state index in [1.807, 2.05) is 0 Å². The van der Waals surface area contributed by atoms with E-state index in [4.69, 9.17) is 0 Å². The summed E-state index contributed by atoms with van der Waals surface area (Å²) in [6.45, 7) is 3.30. The van der Waals surface area contributed by atoms with Crippen LogP contribution in [0.3, 0.4) is 0 Å². The van der Waals surface area contributed by atoms with E-state index in [0.29, 0.717) is 6.04 Å². The summed E-state index contributed by atoms with van der Waals surface area (Å²) >= 11 is 0. The second kappa shape index (κ2) is 6.65. The third kappa shape index (κ3) is 2.91. The first-order chi connectivity index (χ1) is 13.2. The summed E-state index contributed by atoms with van der Waals surface area (Å²) < 4.78 is 0. The minimum absolute atomic E-state index is 0.248. The zero-order chi connectivity index (χ0) is 18.3. The lowest BCUT2D eigenvalue weighted by molar-refractivity contribution is 0.326. The zero-order valence-electron chi connectivity index (χ0n) is 16.0. The normalized spacial score (nSPS) is 23.7. The lowest BCUT2D eigenvalue weighted by Crippen LogP contribution is -2.45. The molecule has 2 aliphatic rings. The van der Waals surface area contributed by atoms with Crippen molar-refractivity contribution in [1.82, 2.24) is 5.32 Å². The summed E-state index contributed by atoms with van der Waals surface area (Å²) in [5, 5.41) is 3.82. The highest BCUT2D eigenvalue weighted by Gasteiger charge is 2.47. The van der Waals surface area contributed by atoms with Gasteiger partial charge < -0.3 is 5.32 Å². The predicted octanol–water partition coefficient (Wildman–Crippen LogP) is 5.45. The number of aryl methyl sites for hydroxylation is 2. The van der Waals surface area contributed by atoms with Gasteiger partial charge in [0, 0.05) is 11.5 Å². The highest BCUT2D eigenvalue weighted by atomic mass is 15.0. The summed E-state index contributed by atoms with van der Waals surface area (Å²) in [6.07, 6.45) is 4.81. The summed E-state index contributed by atoms with van der Waals surface area (Å²) in [4.78, 5) is 0. The lowest BCUT2D eigenvalue weighted by atomic mass is 9.64. The first-order valence-electron chi connectivity index (χ1n) is 10.2. The molecule has 1 saturated heterocycles. The van der Waals surface area contributed by atoms with Crippen molar-refractivity contribution in [2.45, 2.75) is 44.1 Å². The van der Waals surface area contributed by atoms with Crippen molar-refractivity contribution in [3.05, 3.63) is 95.1 Å². The van der Waals surface area contributed by atoms with Crippen LogP contribution < -0.4 is 5.32 Å².